The monoisotopic (exact) mass is 560 g/mol. The van der Waals surface area contributed by atoms with Crippen LogP contribution in [0.2, 0.25) is 5.02 Å². The van der Waals surface area contributed by atoms with E-state index < -0.39 is 15.5 Å². The van der Waals surface area contributed by atoms with Crippen LogP contribution in [-0.2, 0) is 35.9 Å². The fourth-order valence-corrected chi connectivity index (χ4v) is 5.47. The zero-order chi connectivity index (χ0) is 26.9. The Morgan fingerprint density at radius 1 is 1.00 bits per heavy atom. The number of halogens is 4. The van der Waals surface area contributed by atoms with Crippen LogP contribution in [0.25, 0.3) is 10.9 Å². The van der Waals surface area contributed by atoms with Crippen molar-refractivity contribution in [1.29, 1.82) is 0 Å². The van der Waals surface area contributed by atoms with Crippen LogP contribution < -0.4 is 9.46 Å². The van der Waals surface area contributed by atoms with Crippen molar-refractivity contribution in [2.75, 3.05) is 4.72 Å². The summed E-state index contributed by atoms with van der Waals surface area (Å²) in [6.07, 6.45) is 3.22. The van der Waals surface area contributed by atoms with Crippen molar-refractivity contribution in [2.45, 2.75) is 37.8 Å². The third-order valence-corrected chi connectivity index (χ3v) is 7.96. The molecule has 1 N–H and O–H groups in total. The lowest BCUT2D eigenvalue weighted by Gasteiger charge is -2.25. The van der Waals surface area contributed by atoms with E-state index in [1.165, 1.54) is 23.3 Å². The van der Waals surface area contributed by atoms with Gasteiger partial charge in [0.1, 0.15) is 12.4 Å². The highest BCUT2D eigenvalue weighted by atomic mass is 35.5. The standard InChI is InChI=1S/C28H24ClF3N2O3S/c29-23-9-6-21-7-10-25(33-27(21)16-23)17-37-26-11-8-20-5-4-19(13-22(20)15-26)12-18-2-1-3-24(14-18)34-38(35,36)28(30,31)32/h1-3,6-11,14-16,19,34H,4-5,12-13,17H2. The minimum absolute atomic E-state index is 0.101. The van der Waals surface area contributed by atoms with E-state index in [2.05, 4.69) is 11.1 Å². The van der Waals surface area contributed by atoms with Crippen molar-refractivity contribution in [3.8, 4) is 5.75 Å². The number of sulfonamides is 1. The zero-order valence-corrected chi connectivity index (χ0v) is 21.7. The molecule has 0 aliphatic heterocycles. The number of aromatic nitrogens is 1. The molecule has 5 nitrogen and oxygen atoms in total. The summed E-state index contributed by atoms with van der Waals surface area (Å²) in [5.41, 5.74) is -0.677. The van der Waals surface area contributed by atoms with Crippen molar-refractivity contribution in [1.82, 2.24) is 4.98 Å². The molecular weight excluding hydrogens is 537 g/mol. The first-order valence-corrected chi connectivity index (χ1v) is 13.9. The highest BCUT2D eigenvalue weighted by Crippen LogP contribution is 2.32. The van der Waals surface area contributed by atoms with E-state index in [0.717, 1.165) is 47.2 Å². The Balaban J connectivity index is 1.24. The Bertz CT molecular complexity index is 1590. The number of ether oxygens (including phenoxy) is 1. The Morgan fingerprint density at radius 2 is 1.82 bits per heavy atom. The second-order valence-corrected chi connectivity index (χ2v) is 11.5. The van der Waals surface area contributed by atoms with Gasteiger partial charge < -0.3 is 4.74 Å². The van der Waals surface area contributed by atoms with Crippen LogP contribution in [0.5, 0.6) is 5.75 Å². The maximum absolute atomic E-state index is 12.7. The molecule has 1 heterocycles. The van der Waals surface area contributed by atoms with Crippen molar-refractivity contribution in [3.05, 3.63) is 100 Å². The summed E-state index contributed by atoms with van der Waals surface area (Å²) in [6.45, 7) is 0.311. The number of hydrogen-bond acceptors (Lipinski definition) is 4. The van der Waals surface area contributed by atoms with Gasteiger partial charge in [-0.05, 0) is 90.8 Å². The fraction of sp³-hybridized carbons (Fsp3) is 0.250. The average Bonchev–Trinajstić information content (AvgIpc) is 2.86. The van der Waals surface area contributed by atoms with Gasteiger partial charge in [-0.25, -0.2) is 4.98 Å². The first-order chi connectivity index (χ1) is 18.1. The second kappa shape index (κ2) is 10.5. The number of fused-ring (bicyclic) bond motifs is 2. The summed E-state index contributed by atoms with van der Waals surface area (Å²) in [5.74, 6) is 1.00. The number of hydrogen-bond donors (Lipinski definition) is 1. The van der Waals surface area contributed by atoms with Crippen molar-refractivity contribution in [2.24, 2.45) is 5.92 Å². The third-order valence-electron chi connectivity index (χ3n) is 6.62. The predicted octanol–water partition coefficient (Wildman–Crippen LogP) is 7.08. The van der Waals surface area contributed by atoms with Crippen LogP contribution in [0, 0.1) is 5.92 Å². The summed E-state index contributed by atoms with van der Waals surface area (Å²) >= 11 is 6.08. The van der Waals surface area contributed by atoms with Gasteiger partial charge in [-0.2, -0.15) is 21.6 Å². The molecule has 3 aromatic carbocycles. The molecule has 0 spiro atoms. The fourth-order valence-electron chi connectivity index (χ4n) is 4.75. The molecule has 0 saturated carbocycles. The molecule has 4 aromatic rings. The lowest BCUT2D eigenvalue weighted by molar-refractivity contribution is -0.0429. The molecule has 10 heteroatoms. The molecule has 1 aromatic heterocycles. The van der Waals surface area contributed by atoms with Gasteiger partial charge in [0.05, 0.1) is 11.2 Å². The van der Waals surface area contributed by atoms with Crippen LogP contribution >= 0.6 is 11.6 Å². The molecule has 1 aliphatic carbocycles. The predicted molar refractivity (Wildman–Crippen MR) is 142 cm³/mol. The van der Waals surface area contributed by atoms with Gasteiger partial charge in [-0.15, -0.1) is 0 Å². The van der Waals surface area contributed by atoms with Crippen molar-refractivity contribution >= 4 is 38.2 Å². The summed E-state index contributed by atoms with van der Waals surface area (Å²) in [7, 11) is -5.46. The molecule has 0 bridgehead atoms. The van der Waals surface area contributed by atoms with E-state index in [1.807, 2.05) is 42.5 Å². The van der Waals surface area contributed by atoms with Gasteiger partial charge in [0.25, 0.3) is 0 Å². The largest absolute Gasteiger partial charge is 0.516 e. The topological polar surface area (TPSA) is 68.3 Å². The molecule has 38 heavy (non-hydrogen) atoms. The molecule has 0 saturated heterocycles. The molecule has 5 rings (SSSR count). The maximum Gasteiger partial charge on any atom is 0.516 e. The first-order valence-electron chi connectivity index (χ1n) is 12.0. The molecule has 0 radical (unpaired) electrons. The number of nitrogens with one attached hydrogen (secondary N) is 1. The maximum atomic E-state index is 12.7. The number of alkyl halides is 3. The Morgan fingerprint density at radius 3 is 2.63 bits per heavy atom. The van der Waals surface area contributed by atoms with E-state index in [0.29, 0.717) is 18.1 Å². The molecule has 1 unspecified atom stereocenters. The van der Waals surface area contributed by atoms with Crippen LogP contribution in [0.15, 0.2) is 72.8 Å². The lowest BCUT2D eigenvalue weighted by atomic mass is 9.81. The van der Waals surface area contributed by atoms with Gasteiger partial charge in [-0.3, -0.25) is 4.72 Å². The van der Waals surface area contributed by atoms with Gasteiger partial charge in [-0.1, -0.05) is 41.9 Å². The van der Waals surface area contributed by atoms with E-state index in [4.69, 9.17) is 16.3 Å². The van der Waals surface area contributed by atoms with Gasteiger partial charge in [0.2, 0.25) is 0 Å². The van der Waals surface area contributed by atoms with Crippen molar-refractivity contribution in [3.63, 3.8) is 0 Å². The van der Waals surface area contributed by atoms with Gasteiger partial charge in [0.15, 0.2) is 0 Å². The van der Waals surface area contributed by atoms with Crippen molar-refractivity contribution < 1.29 is 26.3 Å². The lowest BCUT2D eigenvalue weighted by Crippen LogP contribution is -2.29. The Kier molecular flexibility index (Phi) is 7.24. The molecule has 0 amide bonds. The quantitative estimate of drug-likeness (QED) is 0.262. The number of benzene rings is 3. The molecule has 198 valence electrons. The first kappa shape index (κ1) is 26.3. The van der Waals surface area contributed by atoms with Gasteiger partial charge >= 0.3 is 15.5 Å². The SMILES string of the molecule is O=S(=O)(Nc1cccc(CC2CCc3ccc(OCc4ccc5ccc(Cl)cc5n4)cc3C2)c1)C(F)(F)F. The molecular formula is C28H24ClF3N2O3S. The normalized spacial score (nSPS) is 15.7. The summed E-state index contributed by atoms with van der Waals surface area (Å²) in [5, 5.41) is 1.63. The summed E-state index contributed by atoms with van der Waals surface area (Å²) < 4.78 is 68.7. The minimum atomic E-state index is -5.46. The van der Waals surface area contributed by atoms with Crippen LogP contribution in [0.1, 0.15) is 28.8 Å². The van der Waals surface area contributed by atoms with Crippen LogP contribution in [0.3, 0.4) is 0 Å². The smallest absolute Gasteiger partial charge is 0.487 e. The molecule has 1 atom stereocenters. The average molecular weight is 561 g/mol. The number of nitrogens with zero attached hydrogens (tertiary/aromatic N) is 1. The third kappa shape index (κ3) is 6.05. The highest BCUT2D eigenvalue weighted by molar-refractivity contribution is 7.93. The number of anilines is 1. The number of rotatable bonds is 7. The summed E-state index contributed by atoms with van der Waals surface area (Å²) in [6, 6.07) is 21.7. The van der Waals surface area contributed by atoms with E-state index in [-0.39, 0.29) is 11.6 Å². The zero-order valence-electron chi connectivity index (χ0n) is 20.1. The second-order valence-electron chi connectivity index (χ2n) is 9.42. The highest BCUT2D eigenvalue weighted by Gasteiger charge is 2.46. The Hall–Kier alpha value is -3.30. The minimum Gasteiger partial charge on any atom is -0.487 e. The Labute approximate surface area is 223 Å². The summed E-state index contributed by atoms with van der Waals surface area (Å²) in [4.78, 5) is 4.63. The number of aryl methyl sites for hydroxylation is 1. The van der Waals surface area contributed by atoms with E-state index >= 15 is 0 Å². The molecule has 1 aliphatic rings. The van der Waals surface area contributed by atoms with E-state index in [9.17, 15) is 21.6 Å². The number of pyridine rings is 1. The van der Waals surface area contributed by atoms with Gasteiger partial charge in [0, 0.05) is 16.1 Å². The molecule has 0 fully saturated rings. The van der Waals surface area contributed by atoms with Crippen LogP contribution in [-0.4, -0.2) is 18.9 Å². The van der Waals surface area contributed by atoms with Crippen LogP contribution in [0.4, 0.5) is 18.9 Å². The van der Waals surface area contributed by atoms with E-state index in [1.54, 1.807) is 16.9 Å².